The van der Waals surface area contributed by atoms with Crippen molar-refractivity contribution < 1.29 is 9.59 Å². The summed E-state index contributed by atoms with van der Waals surface area (Å²) in [5.41, 5.74) is -0.720. The third-order valence-electron chi connectivity index (χ3n) is 5.13. The van der Waals surface area contributed by atoms with Crippen LogP contribution >= 0.6 is 0 Å². The summed E-state index contributed by atoms with van der Waals surface area (Å²) < 4.78 is 0. The lowest BCUT2D eigenvalue weighted by Gasteiger charge is -2.45. The molecule has 0 spiro atoms. The largest absolute Gasteiger partial charge is 0.342 e. The number of rotatable bonds is 7. The Morgan fingerprint density at radius 2 is 1.95 bits per heavy atom. The van der Waals surface area contributed by atoms with E-state index in [2.05, 4.69) is 19.2 Å². The molecule has 2 atom stereocenters. The molecule has 0 radical (unpaired) electrons. The molecular formula is C17H30N2O2. The molecule has 0 aromatic carbocycles. The summed E-state index contributed by atoms with van der Waals surface area (Å²) >= 11 is 0. The fourth-order valence-electron chi connectivity index (χ4n) is 3.19. The van der Waals surface area contributed by atoms with Gasteiger partial charge in [-0.25, -0.2) is 0 Å². The maximum atomic E-state index is 12.8. The Bertz CT molecular complexity index is 402. The third kappa shape index (κ3) is 3.41. The van der Waals surface area contributed by atoms with E-state index in [1.165, 1.54) is 12.8 Å². The number of amides is 2. The number of carbonyl (C=O) groups is 2. The second-order valence-electron chi connectivity index (χ2n) is 7.21. The molecule has 1 saturated heterocycles. The zero-order chi connectivity index (χ0) is 15.6. The number of unbranched alkanes of at least 4 members (excludes halogenated alkanes) is 1. The lowest BCUT2D eigenvalue weighted by molar-refractivity contribution is -0.156. The maximum Gasteiger partial charge on any atom is 0.246 e. The number of nitrogens with one attached hydrogen (secondary N) is 1. The van der Waals surface area contributed by atoms with Gasteiger partial charge in [-0.15, -0.1) is 0 Å². The number of piperazine rings is 1. The molecule has 21 heavy (non-hydrogen) atoms. The van der Waals surface area contributed by atoms with E-state index in [4.69, 9.17) is 0 Å². The first-order chi connectivity index (χ1) is 9.91. The lowest BCUT2D eigenvalue weighted by Crippen LogP contribution is -2.69. The van der Waals surface area contributed by atoms with Crippen LogP contribution in [0.2, 0.25) is 0 Å². The highest BCUT2D eigenvalue weighted by molar-refractivity contribution is 5.99. The molecule has 0 bridgehead atoms. The molecule has 1 saturated carbocycles. The van der Waals surface area contributed by atoms with E-state index in [-0.39, 0.29) is 17.9 Å². The molecule has 0 aromatic heterocycles. The number of nitrogens with zero attached hydrogens (tertiary/aromatic N) is 1. The minimum atomic E-state index is -0.720. The van der Waals surface area contributed by atoms with Crippen molar-refractivity contribution in [1.29, 1.82) is 0 Å². The van der Waals surface area contributed by atoms with Crippen molar-refractivity contribution in [2.75, 3.05) is 6.54 Å². The summed E-state index contributed by atoms with van der Waals surface area (Å²) in [4.78, 5) is 27.1. The normalized spacial score (nSPS) is 26.7. The summed E-state index contributed by atoms with van der Waals surface area (Å²) in [5.74, 6) is 1.01. The van der Waals surface area contributed by atoms with E-state index in [1.54, 1.807) is 0 Å². The van der Waals surface area contributed by atoms with Crippen LogP contribution in [0.4, 0.5) is 0 Å². The highest BCUT2D eigenvalue weighted by atomic mass is 16.2. The first kappa shape index (κ1) is 16.3. The predicted octanol–water partition coefficient (Wildman–Crippen LogP) is 2.72. The minimum Gasteiger partial charge on any atom is -0.342 e. The Hall–Kier alpha value is -1.06. The van der Waals surface area contributed by atoms with Crippen LogP contribution in [0.15, 0.2) is 0 Å². The van der Waals surface area contributed by atoms with Gasteiger partial charge in [0.25, 0.3) is 0 Å². The maximum absolute atomic E-state index is 12.8. The Labute approximate surface area is 128 Å². The molecule has 1 heterocycles. The molecule has 1 N–H and O–H groups in total. The second-order valence-corrected chi connectivity index (χ2v) is 7.21. The van der Waals surface area contributed by atoms with Crippen molar-refractivity contribution in [2.45, 2.75) is 77.8 Å². The van der Waals surface area contributed by atoms with E-state index in [1.807, 2.05) is 18.7 Å². The van der Waals surface area contributed by atoms with Crippen molar-refractivity contribution in [2.24, 2.45) is 11.8 Å². The van der Waals surface area contributed by atoms with Crippen molar-refractivity contribution in [3.05, 3.63) is 0 Å². The van der Waals surface area contributed by atoms with Crippen LogP contribution in [-0.4, -0.2) is 34.8 Å². The van der Waals surface area contributed by atoms with E-state index < -0.39 is 5.54 Å². The zero-order valence-electron chi connectivity index (χ0n) is 13.9. The van der Waals surface area contributed by atoms with Gasteiger partial charge >= 0.3 is 0 Å². The molecule has 0 aromatic rings. The molecule has 2 rings (SSSR count). The van der Waals surface area contributed by atoms with Crippen LogP contribution in [0.25, 0.3) is 0 Å². The Morgan fingerprint density at radius 1 is 1.29 bits per heavy atom. The fraction of sp³-hybridized carbons (Fsp3) is 0.882. The van der Waals surface area contributed by atoms with Gasteiger partial charge in [0.15, 0.2) is 0 Å². The summed E-state index contributed by atoms with van der Waals surface area (Å²) in [6.45, 7) is 8.84. The summed E-state index contributed by atoms with van der Waals surface area (Å²) in [6, 6.07) is -0.269. The molecule has 2 amide bonds. The first-order valence-electron chi connectivity index (χ1n) is 8.54. The van der Waals surface area contributed by atoms with E-state index >= 15 is 0 Å². The van der Waals surface area contributed by atoms with Crippen LogP contribution in [0.3, 0.4) is 0 Å². The SMILES string of the molecule is CCCCC(CC)CN1C(=O)C(C2CC2)NC(=O)C1(C)C. The van der Waals surface area contributed by atoms with Gasteiger partial charge in [-0.2, -0.15) is 0 Å². The standard InChI is InChI=1S/C17H30N2O2/c1-5-7-8-12(6-2)11-19-15(20)14(13-9-10-13)18-16(21)17(19,3)4/h12-14H,5-11H2,1-4H3,(H,18,21). The first-order valence-corrected chi connectivity index (χ1v) is 8.54. The average Bonchev–Trinajstić information content (AvgIpc) is 3.27. The topological polar surface area (TPSA) is 49.4 Å². The third-order valence-corrected chi connectivity index (χ3v) is 5.13. The van der Waals surface area contributed by atoms with Crippen LogP contribution in [0, 0.1) is 11.8 Å². The van der Waals surface area contributed by atoms with E-state index in [0.29, 0.717) is 11.8 Å². The van der Waals surface area contributed by atoms with Gasteiger partial charge in [-0.05, 0) is 44.9 Å². The average molecular weight is 294 g/mol. The number of carbonyl (C=O) groups excluding carboxylic acids is 2. The quantitative estimate of drug-likeness (QED) is 0.785. The van der Waals surface area contributed by atoms with Crippen molar-refractivity contribution in [3.63, 3.8) is 0 Å². The minimum absolute atomic E-state index is 0.00402. The van der Waals surface area contributed by atoms with Gasteiger partial charge < -0.3 is 10.2 Å². The Kier molecular flexibility index (Phi) is 4.95. The molecule has 2 aliphatic rings. The second kappa shape index (κ2) is 6.37. The summed E-state index contributed by atoms with van der Waals surface area (Å²) in [7, 11) is 0. The van der Waals surface area contributed by atoms with Gasteiger partial charge in [-0.1, -0.05) is 33.1 Å². The van der Waals surface area contributed by atoms with Crippen molar-refractivity contribution in [3.8, 4) is 0 Å². The van der Waals surface area contributed by atoms with Crippen molar-refractivity contribution in [1.82, 2.24) is 10.2 Å². The lowest BCUT2D eigenvalue weighted by atomic mass is 9.90. The summed E-state index contributed by atoms with van der Waals surface area (Å²) in [6.07, 6.45) is 6.71. The molecule has 2 unspecified atom stereocenters. The highest BCUT2D eigenvalue weighted by Crippen LogP contribution is 2.37. The molecule has 1 aliphatic carbocycles. The molecule has 120 valence electrons. The molecular weight excluding hydrogens is 264 g/mol. The van der Waals surface area contributed by atoms with Gasteiger partial charge in [0.2, 0.25) is 11.8 Å². The van der Waals surface area contributed by atoms with Crippen molar-refractivity contribution >= 4 is 11.8 Å². The van der Waals surface area contributed by atoms with Gasteiger partial charge in [0.05, 0.1) is 0 Å². The van der Waals surface area contributed by atoms with E-state index in [9.17, 15) is 9.59 Å². The number of hydrogen-bond acceptors (Lipinski definition) is 2. The van der Waals surface area contributed by atoms with Crippen LogP contribution in [-0.2, 0) is 9.59 Å². The predicted molar refractivity (Wildman–Crippen MR) is 83.8 cm³/mol. The zero-order valence-corrected chi connectivity index (χ0v) is 13.9. The Morgan fingerprint density at radius 3 is 2.48 bits per heavy atom. The molecule has 2 fully saturated rings. The molecule has 4 nitrogen and oxygen atoms in total. The fourth-order valence-corrected chi connectivity index (χ4v) is 3.19. The molecule has 4 heteroatoms. The monoisotopic (exact) mass is 294 g/mol. The highest BCUT2D eigenvalue weighted by Gasteiger charge is 2.50. The van der Waals surface area contributed by atoms with Crippen LogP contribution in [0.1, 0.15) is 66.2 Å². The number of hydrogen-bond donors (Lipinski definition) is 1. The van der Waals surface area contributed by atoms with Crippen LogP contribution in [0.5, 0.6) is 0 Å². The van der Waals surface area contributed by atoms with Gasteiger partial charge in [-0.3, -0.25) is 9.59 Å². The van der Waals surface area contributed by atoms with Gasteiger partial charge in [0, 0.05) is 6.54 Å². The van der Waals surface area contributed by atoms with Crippen LogP contribution < -0.4 is 5.32 Å². The molecule has 1 aliphatic heterocycles. The summed E-state index contributed by atoms with van der Waals surface area (Å²) in [5, 5.41) is 2.95. The van der Waals surface area contributed by atoms with E-state index in [0.717, 1.165) is 32.2 Å². The van der Waals surface area contributed by atoms with Gasteiger partial charge in [0.1, 0.15) is 11.6 Å². The smallest absolute Gasteiger partial charge is 0.246 e. The Balaban J connectivity index is 2.11.